The van der Waals surface area contributed by atoms with Crippen LogP contribution in [0.5, 0.6) is 0 Å². The maximum Gasteiger partial charge on any atom is 0.221 e. The van der Waals surface area contributed by atoms with Gasteiger partial charge in [-0.2, -0.15) is 4.91 Å². The maximum absolute atomic E-state index is 12.2. The van der Waals surface area contributed by atoms with Crippen LogP contribution in [0.15, 0.2) is 17.3 Å². The van der Waals surface area contributed by atoms with Gasteiger partial charge in [-0.15, -0.1) is 0 Å². The fourth-order valence-corrected chi connectivity index (χ4v) is 2.33. The van der Waals surface area contributed by atoms with Crippen LogP contribution in [-0.2, 0) is 11.2 Å². The van der Waals surface area contributed by atoms with Crippen molar-refractivity contribution in [1.82, 2.24) is 0 Å². The van der Waals surface area contributed by atoms with E-state index in [2.05, 4.69) is 10.5 Å². The molecule has 1 unspecified atom stereocenters. The Balaban J connectivity index is 2.56. The third-order valence-electron chi connectivity index (χ3n) is 3.20. The lowest BCUT2D eigenvalue weighted by atomic mass is 9.84. The average molecular weight is 246 g/mol. The van der Waals surface area contributed by atoms with Gasteiger partial charge in [-0.05, 0) is 37.0 Å². The topological polar surface area (TPSA) is 75.6 Å². The van der Waals surface area contributed by atoms with Crippen molar-refractivity contribution in [3.8, 4) is 0 Å². The normalized spacial score (nSPS) is 18.1. The maximum atomic E-state index is 12.2. The molecule has 0 saturated carbocycles. The van der Waals surface area contributed by atoms with Crippen molar-refractivity contribution in [2.24, 2.45) is 5.18 Å². The van der Waals surface area contributed by atoms with Crippen molar-refractivity contribution in [2.75, 3.05) is 5.32 Å². The summed E-state index contributed by atoms with van der Waals surface area (Å²) in [6, 6.07) is 2.74. The number of benzene rings is 1. The van der Waals surface area contributed by atoms with E-state index in [9.17, 15) is 14.5 Å². The van der Waals surface area contributed by atoms with Gasteiger partial charge in [0.15, 0.2) is 11.8 Å². The number of fused-ring (bicyclic) bond motifs is 1. The number of carbonyl (C=O) groups excluding carboxylic acids is 2. The molecule has 1 N–H and O–H groups in total. The van der Waals surface area contributed by atoms with Crippen LogP contribution in [0.4, 0.5) is 5.69 Å². The molecule has 0 aromatic heterocycles. The molecule has 0 aliphatic heterocycles. The second-order valence-electron chi connectivity index (χ2n) is 4.49. The molecule has 94 valence electrons. The summed E-state index contributed by atoms with van der Waals surface area (Å²) < 4.78 is 0. The molecular formula is C13H14N2O3. The van der Waals surface area contributed by atoms with Gasteiger partial charge in [0.2, 0.25) is 5.91 Å². The second kappa shape index (κ2) is 4.68. The van der Waals surface area contributed by atoms with Crippen LogP contribution in [0.3, 0.4) is 0 Å². The monoisotopic (exact) mass is 246 g/mol. The molecule has 0 spiro atoms. The number of amides is 1. The lowest BCUT2D eigenvalue weighted by Gasteiger charge is -2.23. The Morgan fingerprint density at radius 1 is 1.44 bits per heavy atom. The zero-order valence-electron chi connectivity index (χ0n) is 10.3. The minimum atomic E-state index is -0.827. The van der Waals surface area contributed by atoms with Crippen LogP contribution in [0.25, 0.3) is 0 Å². The van der Waals surface area contributed by atoms with E-state index in [4.69, 9.17) is 0 Å². The van der Waals surface area contributed by atoms with Gasteiger partial charge < -0.3 is 5.32 Å². The minimum absolute atomic E-state index is 0.241. The molecule has 0 radical (unpaired) electrons. The standard InChI is InChI=1S/C13H14N2O3/c1-7-3-5-10(14-8(2)16)12-9(7)4-6-11(15-18)13(12)17/h3,5,11H,4,6H2,1-2H3,(H,14,16). The first-order chi connectivity index (χ1) is 8.54. The Labute approximate surface area is 105 Å². The number of hydrogen-bond donors (Lipinski definition) is 1. The van der Waals surface area contributed by atoms with Gasteiger partial charge >= 0.3 is 0 Å². The third kappa shape index (κ3) is 2.03. The Hall–Kier alpha value is -2.04. The predicted molar refractivity (Wildman–Crippen MR) is 67.7 cm³/mol. The fourth-order valence-electron chi connectivity index (χ4n) is 2.33. The lowest BCUT2D eigenvalue weighted by Crippen LogP contribution is -2.28. The summed E-state index contributed by atoms with van der Waals surface area (Å²) in [5.74, 6) is -0.534. The molecule has 5 heteroatoms. The van der Waals surface area contributed by atoms with Crippen molar-refractivity contribution in [1.29, 1.82) is 0 Å². The summed E-state index contributed by atoms with van der Waals surface area (Å²) in [6.45, 7) is 3.30. The first kappa shape index (κ1) is 12.4. The van der Waals surface area contributed by atoms with Crippen LogP contribution in [0.2, 0.25) is 0 Å². The highest BCUT2D eigenvalue weighted by atomic mass is 16.3. The van der Waals surface area contributed by atoms with Crippen molar-refractivity contribution in [3.05, 3.63) is 33.7 Å². The molecule has 0 saturated heterocycles. The highest BCUT2D eigenvalue weighted by Gasteiger charge is 2.31. The molecule has 0 bridgehead atoms. The molecule has 1 aromatic carbocycles. The van der Waals surface area contributed by atoms with Crippen LogP contribution in [0.1, 0.15) is 34.8 Å². The molecule has 1 aromatic rings. The molecular weight excluding hydrogens is 232 g/mol. The number of nitrogens with one attached hydrogen (secondary N) is 1. The summed E-state index contributed by atoms with van der Waals surface area (Å²) in [5, 5.41) is 5.50. The average Bonchev–Trinajstić information content (AvgIpc) is 2.32. The third-order valence-corrected chi connectivity index (χ3v) is 3.20. The smallest absolute Gasteiger partial charge is 0.221 e. The number of ketones is 1. The molecule has 0 fully saturated rings. The van der Waals surface area contributed by atoms with E-state index in [1.165, 1.54) is 6.92 Å². The Morgan fingerprint density at radius 3 is 2.78 bits per heavy atom. The van der Waals surface area contributed by atoms with E-state index < -0.39 is 6.04 Å². The molecule has 18 heavy (non-hydrogen) atoms. The Kier molecular flexibility index (Phi) is 3.23. The fraction of sp³-hybridized carbons (Fsp3) is 0.385. The number of nitroso groups, excluding NO2 is 1. The zero-order chi connectivity index (χ0) is 13.3. The van der Waals surface area contributed by atoms with Gasteiger partial charge in [0, 0.05) is 12.5 Å². The van der Waals surface area contributed by atoms with Gasteiger partial charge in [0.05, 0.1) is 5.69 Å². The van der Waals surface area contributed by atoms with Crippen molar-refractivity contribution in [2.45, 2.75) is 32.7 Å². The summed E-state index contributed by atoms with van der Waals surface area (Å²) in [6.07, 6.45) is 1.08. The van der Waals surface area contributed by atoms with E-state index >= 15 is 0 Å². The summed E-state index contributed by atoms with van der Waals surface area (Å²) in [5.41, 5.74) is 2.82. The van der Waals surface area contributed by atoms with Crippen molar-refractivity contribution >= 4 is 17.4 Å². The minimum Gasteiger partial charge on any atom is -0.326 e. The summed E-state index contributed by atoms with van der Waals surface area (Å²) >= 11 is 0. The van der Waals surface area contributed by atoms with E-state index in [-0.39, 0.29) is 11.7 Å². The Morgan fingerprint density at radius 2 is 2.17 bits per heavy atom. The molecule has 1 amide bonds. The number of carbonyl (C=O) groups is 2. The van der Waals surface area contributed by atoms with Crippen LogP contribution < -0.4 is 5.32 Å². The van der Waals surface area contributed by atoms with Gasteiger partial charge in [-0.3, -0.25) is 9.59 Å². The summed E-state index contributed by atoms with van der Waals surface area (Å²) in [4.78, 5) is 33.9. The van der Waals surface area contributed by atoms with Crippen LogP contribution in [0, 0.1) is 11.8 Å². The number of anilines is 1. The van der Waals surface area contributed by atoms with E-state index in [1.807, 2.05) is 13.0 Å². The quantitative estimate of drug-likeness (QED) is 0.813. The van der Waals surface area contributed by atoms with Gasteiger partial charge in [0.25, 0.3) is 0 Å². The number of aryl methyl sites for hydroxylation is 1. The van der Waals surface area contributed by atoms with Crippen LogP contribution in [-0.4, -0.2) is 17.7 Å². The molecule has 1 atom stereocenters. The molecule has 1 aliphatic rings. The second-order valence-corrected chi connectivity index (χ2v) is 4.49. The van der Waals surface area contributed by atoms with Gasteiger partial charge in [0.1, 0.15) is 0 Å². The highest BCUT2D eigenvalue weighted by Crippen LogP contribution is 2.31. The predicted octanol–water partition coefficient (Wildman–Crippen LogP) is 2.22. The van der Waals surface area contributed by atoms with Gasteiger partial charge in [-0.25, -0.2) is 0 Å². The highest BCUT2D eigenvalue weighted by molar-refractivity contribution is 6.09. The van der Waals surface area contributed by atoms with Crippen LogP contribution >= 0.6 is 0 Å². The molecule has 2 rings (SSSR count). The van der Waals surface area contributed by atoms with Crippen molar-refractivity contribution in [3.63, 3.8) is 0 Å². The van der Waals surface area contributed by atoms with E-state index in [0.29, 0.717) is 24.1 Å². The van der Waals surface area contributed by atoms with Crippen molar-refractivity contribution < 1.29 is 9.59 Å². The molecule has 5 nitrogen and oxygen atoms in total. The van der Waals surface area contributed by atoms with Gasteiger partial charge in [-0.1, -0.05) is 11.2 Å². The largest absolute Gasteiger partial charge is 0.326 e. The first-order valence-electron chi connectivity index (χ1n) is 5.81. The summed E-state index contributed by atoms with van der Waals surface area (Å²) in [7, 11) is 0. The number of Topliss-reactive ketones (excluding diaryl/α,β-unsaturated/α-hetero) is 1. The first-order valence-corrected chi connectivity index (χ1v) is 5.81. The zero-order valence-corrected chi connectivity index (χ0v) is 10.3. The van der Waals surface area contributed by atoms with E-state index in [1.54, 1.807) is 6.07 Å². The SMILES string of the molecule is CC(=O)Nc1ccc(C)c2c1C(=O)C(N=O)CC2. The lowest BCUT2D eigenvalue weighted by molar-refractivity contribution is -0.114. The Bertz CT molecular complexity index is 537. The van der Waals surface area contributed by atoms with E-state index in [0.717, 1.165) is 11.1 Å². The number of rotatable bonds is 2. The number of hydrogen-bond acceptors (Lipinski definition) is 4. The number of nitrogens with zero attached hydrogens (tertiary/aromatic N) is 1. The molecule has 1 aliphatic carbocycles. The molecule has 0 heterocycles.